The quantitative estimate of drug-likeness (QED) is 0.222. The molecule has 3 N–H and O–H groups in total. The molecule has 0 radical (unpaired) electrons. The van der Waals surface area contributed by atoms with Gasteiger partial charge in [-0.3, -0.25) is 9.59 Å². The van der Waals surface area contributed by atoms with Crippen molar-refractivity contribution >= 4 is 23.0 Å². The van der Waals surface area contributed by atoms with Crippen molar-refractivity contribution in [2.75, 3.05) is 6.79 Å². The molecule has 2 aliphatic heterocycles. The number of amides is 2. The second kappa shape index (κ2) is 11.2. The van der Waals surface area contributed by atoms with E-state index < -0.39 is 29.2 Å². The lowest BCUT2D eigenvalue weighted by Crippen LogP contribution is -2.46. The number of benzene rings is 3. The maximum Gasteiger partial charge on any atom is 0.338 e. The number of urea groups is 1. The highest BCUT2D eigenvalue weighted by Gasteiger charge is 2.34. The van der Waals surface area contributed by atoms with E-state index in [0.717, 1.165) is 5.56 Å². The average molecular weight is 580 g/mol. The first-order valence-corrected chi connectivity index (χ1v) is 13.4. The topological polar surface area (TPSA) is 165 Å². The summed E-state index contributed by atoms with van der Waals surface area (Å²) in [5.74, 6) is 0.599. The lowest BCUT2D eigenvalue weighted by Gasteiger charge is -2.30. The number of hydrogen-bond acceptors (Lipinski definition) is 8. The summed E-state index contributed by atoms with van der Waals surface area (Å²) in [5, 5.41) is 14.8. The first-order valence-electron chi connectivity index (χ1n) is 13.4. The Labute approximate surface area is 244 Å². The molecule has 3 heterocycles. The standard InChI is InChI=1S/C31H25N5O7/c1-36-23-9-7-20(13-22(23)33-28(37)29(36)38)27-26(30(39)41-15-19-4-2-3-18(11-19)14-32)21(34-31(40)35-27)8-5-17-6-10-24-25(12-17)43-16-42-24/h2-4,6-7,9-13,27H,5,8,15-16H2,1H3,(H,33,37)(H2,34,35,40). The Bertz CT molecular complexity index is 1990. The van der Waals surface area contributed by atoms with E-state index in [4.69, 9.17) is 14.2 Å². The summed E-state index contributed by atoms with van der Waals surface area (Å²) in [6, 6.07) is 17.8. The number of nitrogens with zero attached hydrogens (tertiary/aromatic N) is 2. The highest BCUT2D eigenvalue weighted by atomic mass is 16.7. The minimum Gasteiger partial charge on any atom is -0.457 e. The van der Waals surface area contributed by atoms with Crippen LogP contribution in [-0.2, 0) is 29.6 Å². The number of hydrogen-bond donors (Lipinski definition) is 3. The summed E-state index contributed by atoms with van der Waals surface area (Å²) in [7, 11) is 1.49. The Kier molecular flexibility index (Phi) is 7.13. The van der Waals surface area contributed by atoms with Crippen molar-refractivity contribution in [3.8, 4) is 17.6 Å². The van der Waals surface area contributed by atoms with Crippen molar-refractivity contribution in [1.82, 2.24) is 20.2 Å². The number of esters is 1. The Morgan fingerprint density at radius 3 is 2.70 bits per heavy atom. The molecule has 0 saturated carbocycles. The summed E-state index contributed by atoms with van der Waals surface area (Å²) < 4.78 is 17.8. The van der Waals surface area contributed by atoms with Crippen LogP contribution in [0.2, 0.25) is 0 Å². The molecule has 0 fully saturated rings. The Balaban J connectivity index is 1.37. The molecule has 216 valence electrons. The van der Waals surface area contributed by atoms with E-state index in [2.05, 4.69) is 21.7 Å². The number of rotatable bonds is 7. The van der Waals surface area contributed by atoms with Crippen LogP contribution in [0.15, 0.2) is 81.5 Å². The van der Waals surface area contributed by atoms with Gasteiger partial charge in [0.25, 0.3) is 0 Å². The Morgan fingerprint density at radius 1 is 1.02 bits per heavy atom. The highest BCUT2D eigenvalue weighted by Crippen LogP contribution is 2.34. The zero-order valence-electron chi connectivity index (χ0n) is 22.9. The molecule has 0 spiro atoms. The van der Waals surface area contributed by atoms with E-state index in [1.807, 2.05) is 18.2 Å². The summed E-state index contributed by atoms with van der Waals surface area (Å²) in [5.41, 5.74) is 2.36. The third-order valence-corrected chi connectivity index (χ3v) is 7.36. The number of carbonyl (C=O) groups excluding carboxylic acids is 2. The summed E-state index contributed by atoms with van der Waals surface area (Å²) in [6.07, 6.45) is 0.754. The third kappa shape index (κ3) is 5.43. The van der Waals surface area contributed by atoms with Gasteiger partial charge in [0.05, 0.1) is 34.3 Å². The van der Waals surface area contributed by atoms with Gasteiger partial charge in [0, 0.05) is 12.7 Å². The lowest BCUT2D eigenvalue weighted by molar-refractivity contribution is -0.140. The monoisotopic (exact) mass is 579 g/mol. The maximum atomic E-state index is 13.7. The van der Waals surface area contributed by atoms with Crippen LogP contribution in [0.5, 0.6) is 11.5 Å². The number of allylic oxidation sites excluding steroid dienone is 1. The molecule has 12 heteroatoms. The van der Waals surface area contributed by atoms with Gasteiger partial charge in [0.2, 0.25) is 6.79 Å². The number of nitriles is 1. The molecule has 3 aromatic carbocycles. The maximum absolute atomic E-state index is 13.7. The number of H-pyrrole nitrogens is 1. The fourth-order valence-corrected chi connectivity index (χ4v) is 5.19. The molecule has 0 aliphatic carbocycles. The van der Waals surface area contributed by atoms with E-state index in [0.29, 0.717) is 51.3 Å². The largest absolute Gasteiger partial charge is 0.457 e. The molecule has 1 aromatic heterocycles. The van der Waals surface area contributed by atoms with Crippen molar-refractivity contribution in [2.45, 2.75) is 25.5 Å². The molecule has 6 rings (SSSR count). The van der Waals surface area contributed by atoms with E-state index >= 15 is 0 Å². The fourth-order valence-electron chi connectivity index (χ4n) is 5.19. The van der Waals surface area contributed by atoms with E-state index in [-0.39, 0.29) is 25.4 Å². The molecule has 12 nitrogen and oxygen atoms in total. The molecular formula is C31H25N5O7. The number of carbonyl (C=O) groups is 2. The van der Waals surface area contributed by atoms with Gasteiger partial charge in [-0.1, -0.05) is 24.3 Å². The number of ether oxygens (including phenoxy) is 3. The number of nitrogens with one attached hydrogen (secondary N) is 3. The lowest BCUT2D eigenvalue weighted by atomic mass is 9.92. The first-order chi connectivity index (χ1) is 20.8. The van der Waals surface area contributed by atoms with Crippen LogP contribution in [0.25, 0.3) is 11.0 Å². The van der Waals surface area contributed by atoms with E-state index in [1.165, 1.54) is 11.6 Å². The SMILES string of the molecule is Cn1c(=O)c(=O)[nH]c2cc(C3NC(=O)NC(CCc4ccc5c(c4)OCO5)=C3C(=O)OCc3cccc(C#N)c3)ccc21. The molecule has 43 heavy (non-hydrogen) atoms. The van der Waals surface area contributed by atoms with Crippen LogP contribution in [0.1, 0.15) is 34.7 Å². The van der Waals surface area contributed by atoms with Crippen LogP contribution in [0.3, 0.4) is 0 Å². The number of aromatic amines is 1. The molecule has 0 bridgehead atoms. The fraction of sp³-hybridized carbons (Fsp3) is 0.194. The molecule has 2 aliphatic rings. The zero-order chi connectivity index (χ0) is 30.1. The van der Waals surface area contributed by atoms with Gasteiger partial charge in [-0.25, -0.2) is 9.59 Å². The van der Waals surface area contributed by atoms with Crippen molar-refractivity contribution in [3.63, 3.8) is 0 Å². The van der Waals surface area contributed by atoms with Crippen LogP contribution in [0, 0.1) is 11.3 Å². The normalized spacial score (nSPS) is 15.5. The predicted molar refractivity (Wildman–Crippen MR) is 153 cm³/mol. The molecule has 0 saturated heterocycles. The van der Waals surface area contributed by atoms with Crippen LogP contribution in [-0.4, -0.2) is 28.3 Å². The van der Waals surface area contributed by atoms with E-state index in [1.54, 1.807) is 42.5 Å². The minimum absolute atomic E-state index is 0.0961. The highest BCUT2D eigenvalue weighted by molar-refractivity contribution is 5.95. The molecule has 2 amide bonds. The molecule has 1 atom stereocenters. The van der Waals surface area contributed by atoms with Crippen molar-refractivity contribution in [1.29, 1.82) is 5.26 Å². The van der Waals surface area contributed by atoms with Gasteiger partial charge in [0.1, 0.15) is 6.61 Å². The van der Waals surface area contributed by atoms with Gasteiger partial charge in [-0.2, -0.15) is 5.26 Å². The van der Waals surface area contributed by atoms with Gasteiger partial charge in [-0.05, 0) is 65.9 Å². The van der Waals surface area contributed by atoms with Crippen molar-refractivity contribution in [3.05, 3.63) is 115 Å². The van der Waals surface area contributed by atoms with Crippen molar-refractivity contribution < 1.29 is 23.8 Å². The summed E-state index contributed by atoms with van der Waals surface area (Å²) in [6.45, 7) is 0.0485. The van der Waals surface area contributed by atoms with Gasteiger partial charge in [0.15, 0.2) is 11.5 Å². The van der Waals surface area contributed by atoms with Gasteiger partial charge < -0.3 is 34.4 Å². The number of aryl methyl sites for hydroxylation is 2. The average Bonchev–Trinajstić information content (AvgIpc) is 3.49. The van der Waals surface area contributed by atoms with Gasteiger partial charge >= 0.3 is 23.1 Å². The van der Waals surface area contributed by atoms with E-state index in [9.17, 15) is 24.4 Å². The molecule has 4 aromatic rings. The summed E-state index contributed by atoms with van der Waals surface area (Å²) >= 11 is 0. The number of fused-ring (bicyclic) bond motifs is 2. The van der Waals surface area contributed by atoms with Crippen LogP contribution < -0.4 is 31.2 Å². The van der Waals surface area contributed by atoms with Crippen LogP contribution >= 0.6 is 0 Å². The molecule has 1 unspecified atom stereocenters. The second-order valence-corrected chi connectivity index (χ2v) is 10.1. The third-order valence-electron chi connectivity index (χ3n) is 7.36. The van der Waals surface area contributed by atoms with Crippen molar-refractivity contribution in [2.24, 2.45) is 7.05 Å². The Morgan fingerprint density at radius 2 is 1.86 bits per heavy atom. The second-order valence-electron chi connectivity index (χ2n) is 10.1. The minimum atomic E-state index is -0.927. The zero-order valence-corrected chi connectivity index (χ0v) is 22.9. The summed E-state index contributed by atoms with van der Waals surface area (Å²) in [4.78, 5) is 53.5. The van der Waals surface area contributed by atoms with Crippen LogP contribution in [0.4, 0.5) is 4.79 Å². The van der Waals surface area contributed by atoms with Gasteiger partial charge in [-0.15, -0.1) is 0 Å². The number of aromatic nitrogens is 2. The smallest absolute Gasteiger partial charge is 0.338 e. The predicted octanol–water partition coefficient (Wildman–Crippen LogP) is 2.81. The molecular weight excluding hydrogens is 554 g/mol. The Hall–Kier alpha value is -5.83. The first kappa shape index (κ1) is 27.3.